The smallest absolute Gasteiger partial charge is 0.282 e. The van der Waals surface area contributed by atoms with Gasteiger partial charge in [0.15, 0.2) is 0 Å². The van der Waals surface area contributed by atoms with E-state index in [0.29, 0.717) is 6.54 Å². The van der Waals surface area contributed by atoms with Crippen molar-refractivity contribution >= 4 is 17.2 Å². The van der Waals surface area contributed by atoms with Crippen molar-refractivity contribution in [2.75, 3.05) is 6.54 Å². The molecule has 0 spiro atoms. The Morgan fingerprint density at radius 1 is 1.07 bits per heavy atom. The Morgan fingerprint density at radius 3 is 2.31 bits per heavy atom. The summed E-state index contributed by atoms with van der Waals surface area (Å²) in [7, 11) is 0. The van der Waals surface area contributed by atoms with Gasteiger partial charge >= 0.3 is 0 Å². The molecule has 1 amide bonds. The number of amides is 1. The second-order valence-electron chi connectivity index (χ2n) is 6.60. The first kappa shape index (κ1) is 21.0. The lowest BCUT2D eigenvalue weighted by Crippen LogP contribution is -2.26. The third-order valence-electron chi connectivity index (χ3n) is 4.67. The first-order valence-corrected chi connectivity index (χ1v) is 10.1. The van der Waals surface area contributed by atoms with Crippen molar-refractivity contribution in [1.29, 1.82) is 0 Å². The maximum Gasteiger partial charge on any atom is 0.282 e. The number of rotatable bonds is 8. The zero-order chi connectivity index (χ0) is 20.8. The fraction of sp³-hybridized carbons (Fsp3) is 0.286. The van der Waals surface area contributed by atoms with E-state index < -0.39 is 0 Å². The molecule has 1 N–H and O–H groups in total. The van der Waals surface area contributed by atoms with Gasteiger partial charge in [0.1, 0.15) is 16.6 Å². The number of carbonyl (C=O) groups is 1. The van der Waals surface area contributed by atoms with Crippen LogP contribution in [0.25, 0.3) is 0 Å². The number of hydrogen-bond donors (Lipinski definition) is 1. The van der Waals surface area contributed by atoms with E-state index in [-0.39, 0.29) is 35.1 Å². The maximum atomic E-state index is 13.2. The second kappa shape index (κ2) is 9.67. The van der Waals surface area contributed by atoms with E-state index in [4.69, 9.17) is 0 Å². The van der Waals surface area contributed by atoms with Crippen molar-refractivity contribution in [2.45, 2.75) is 33.0 Å². The first-order valence-electron chi connectivity index (χ1n) is 9.30. The van der Waals surface area contributed by atoms with E-state index in [1.807, 2.05) is 13.8 Å². The van der Waals surface area contributed by atoms with Gasteiger partial charge < -0.3 is 5.32 Å². The number of benzene rings is 2. The fourth-order valence-electron chi connectivity index (χ4n) is 2.92. The molecule has 0 bridgehead atoms. The molecule has 1 unspecified atom stereocenters. The zero-order valence-electron chi connectivity index (χ0n) is 16.2. The zero-order valence-corrected chi connectivity index (χ0v) is 17.0. The van der Waals surface area contributed by atoms with Crippen molar-refractivity contribution in [3.05, 3.63) is 81.3 Å². The Balaban J connectivity index is 1.59. The summed E-state index contributed by atoms with van der Waals surface area (Å²) < 4.78 is 26.1. The lowest BCUT2D eigenvalue weighted by atomic mass is 10.1. The summed E-state index contributed by atoms with van der Waals surface area (Å²) in [6.45, 7) is 5.68. The third kappa shape index (κ3) is 5.65. The predicted octanol–water partition coefficient (Wildman–Crippen LogP) is 4.33. The van der Waals surface area contributed by atoms with Crippen LogP contribution in [0, 0.1) is 11.6 Å². The van der Waals surface area contributed by atoms with Gasteiger partial charge in [-0.1, -0.05) is 42.5 Å². The van der Waals surface area contributed by atoms with Gasteiger partial charge in [-0.05, 0) is 48.9 Å². The van der Waals surface area contributed by atoms with Crippen LogP contribution in [-0.4, -0.2) is 27.5 Å². The molecule has 1 heterocycles. The normalized spacial score (nSPS) is 12.2. The summed E-state index contributed by atoms with van der Waals surface area (Å²) >= 11 is 1.24. The Hall–Kier alpha value is -2.71. The molecule has 2 aromatic carbocycles. The van der Waals surface area contributed by atoms with Crippen molar-refractivity contribution < 1.29 is 13.6 Å². The van der Waals surface area contributed by atoms with Gasteiger partial charge in [0, 0.05) is 12.6 Å². The lowest BCUT2D eigenvalue weighted by molar-refractivity contribution is 0.0950. The number of hydrogen-bond acceptors (Lipinski definition) is 5. The Kier molecular flexibility index (Phi) is 7.00. The highest BCUT2D eigenvalue weighted by atomic mass is 32.1. The Bertz CT molecular complexity index is 944. The van der Waals surface area contributed by atoms with Crippen LogP contribution < -0.4 is 5.32 Å². The highest BCUT2D eigenvalue weighted by molar-refractivity contribution is 7.13. The molecule has 1 aromatic heterocycles. The average molecular weight is 416 g/mol. The van der Waals surface area contributed by atoms with E-state index in [0.717, 1.165) is 22.7 Å². The Labute approximate surface area is 172 Å². The van der Waals surface area contributed by atoms with Gasteiger partial charge in [-0.25, -0.2) is 8.78 Å². The second-order valence-corrected chi connectivity index (χ2v) is 7.66. The minimum atomic E-state index is -0.316. The fourth-order valence-corrected chi connectivity index (χ4v) is 3.70. The number of aromatic nitrogens is 2. The van der Waals surface area contributed by atoms with Gasteiger partial charge in [0.25, 0.3) is 5.91 Å². The molecule has 0 aliphatic rings. The molecule has 0 radical (unpaired) electrons. The molecule has 5 nitrogen and oxygen atoms in total. The van der Waals surface area contributed by atoms with Crippen LogP contribution in [0.4, 0.5) is 8.78 Å². The summed E-state index contributed by atoms with van der Waals surface area (Å²) in [6, 6.07) is 12.5. The van der Waals surface area contributed by atoms with Crippen molar-refractivity contribution in [2.24, 2.45) is 0 Å². The standard InChI is InChI=1S/C21H22F2N4OS/c1-3-27(14(2)16-6-10-18(23)11-7-16)13-19-25-26-21(29-19)20(28)24-12-15-4-8-17(22)9-5-15/h4-11,14H,3,12-13H2,1-2H3,(H,24,28). The topological polar surface area (TPSA) is 58.1 Å². The molecule has 0 fully saturated rings. The molecule has 0 aliphatic heterocycles. The Morgan fingerprint density at radius 2 is 1.69 bits per heavy atom. The summed E-state index contributed by atoms with van der Waals surface area (Å²) in [5.41, 5.74) is 1.81. The van der Waals surface area contributed by atoms with Crippen molar-refractivity contribution in [3.63, 3.8) is 0 Å². The van der Waals surface area contributed by atoms with Crippen LogP contribution in [0.2, 0.25) is 0 Å². The molecular weight excluding hydrogens is 394 g/mol. The molecule has 1 atom stereocenters. The molecule has 0 aliphatic carbocycles. The third-order valence-corrected chi connectivity index (χ3v) is 5.58. The van der Waals surface area contributed by atoms with Gasteiger partial charge in [-0.15, -0.1) is 10.2 Å². The molecule has 0 saturated carbocycles. The monoisotopic (exact) mass is 416 g/mol. The van der Waals surface area contributed by atoms with Gasteiger partial charge in [0.2, 0.25) is 5.01 Å². The first-order chi connectivity index (χ1) is 14.0. The molecule has 152 valence electrons. The minimum absolute atomic E-state index is 0.0697. The lowest BCUT2D eigenvalue weighted by Gasteiger charge is -2.27. The summed E-state index contributed by atoms with van der Waals surface area (Å²) in [5, 5.41) is 11.9. The van der Waals surface area contributed by atoms with E-state index >= 15 is 0 Å². The summed E-state index contributed by atoms with van der Waals surface area (Å²) in [4.78, 5) is 14.5. The average Bonchev–Trinajstić information content (AvgIpc) is 3.20. The number of halogens is 2. The van der Waals surface area contributed by atoms with Crippen LogP contribution in [0.5, 0.6) is 0 Å². The van der Waals surface area contributed by atoms with Crippen LogP contribution in [0.3, 0.4) is 0 Å². The van der Waals surface area contributed by atoms with Crippen LogP contribution in [0.15, 0.2) is 48.5 Å². The van der Waals surface area contributed by atoms with Gasteiger partial charge in [0.05, 0.1) is 6.54 Å². The van der Waals surface area contributed by atoms with Gasteiger partial charge in [-0.2, -0.15) is 0 Å². The molecule has 29 heavy (non-hydrogen) atoms. The van der Waals surface area contributed by atoms with Crippen molar-refractivity contribution in [1.82, 2.24) is 20.4 Å². The van der Waals surface area contributed by atoms with E-state index in [1.54, 1.807) is 24.3 Å². The highest BCUT2D eigenvalue weighted by Crippen LogP contribution is 2.23. The largest absolute Gasteiger partial charge is 0.346 e. The minimum Gasteiger partial charge on any atom is -0.346 e. The number of nitrogens with zero attached hydrogens (tertiary/aromatic N) is 3. The van der Waals surface area contributed by atoms with Crippen LogP contribution in [-0.2, 0) is 13.1 Å². The SMILES string of the molecule is CCN(Cc1nnc(C(=O)NCc2ccc(F)cc2)s1)C(C)c1ccc(F)cc1. The maximum absolute atomic E-state index is 13.2. The molecular formula is C21H22F2N4OS. The van der Waals surface area contributed by atoms with E-state index in [9.17, 15) is 13.6 Å². The predicted molar refractivity (Wildman–Crippen MR) is 108 cm³/mol. The van der Waals surface area contributed by atoms with Crippen LogP contribution >= 0.6 is 11.3 Å². The molecule has 0 saturated heterocycles. The quantitative estimate of drug-likeness (QED) is 0.594. The molecule has 3 aromatic rings. The number of nitrogens with one attached hydrogen (secondary N) is 1. The molecule has 3 rings (SSSR count). The van der Waals surface area contributed by atoms with Gasteiger partial charge in [-0.3, -0.25) is 9.69 Å². The summed E-state index contributed by atoms with van der Waals surface area (Å²) in [5.74, 6) is -0.888. The number of carbonyl (C=O) groups excluding carboxylic acids is 1. The van der Waals surface area contributed by atoms with Crippen LogP contribution in [0.1, 0.15) is 45.8 Å². The van der Waals surface area contributed by atoms with E-state index in [1.165, 1.54) is 35.6 Å². The van der Waals surface area contributed by atoms with Crippen molar-refractivity contribution in [3.8, 4) is 0 Å². The van der Waals surface area contributed by atoms with E-state index in [2.05, 4.69) is 20.4 Å². The summed E-state index contributed by atoms with van der Waals surface area (Å²) in [6.07, 6.45) is 0. The highest BCUT2D eigenvalue weighted by Gasteiger charge is 2.18. The molecule has 8 heteroatoms.